The number of ether oxygens (including phenoxy) is 2. The maximum Gasteiger partial charge on any atom is 0.305 e. The minimum absolute atomic E-state index is 0.0957. The summed E-state index contributed by atoms with van der Waals surface area (Å²) in [5.41, 5.74) is 1.31. The summed E-state index contributed by atoms with van der Waals surface area (Å²) in [4.78, 5) is 11.0. The molecule has 0 spiro atoms. The molecule has 4 nitrogen and oxygen atoms in total. The molecule has 4 heteroatoms. The number of hydrogen-bond acceptors (Lipinski definition) is 4. The number of nitrogens with one attached hydrogen (secondary N) is 1. The molecule has 0 aliphatic heterocycles. The fourth-order valence-electron chi connectivity index (χ4n) is 2.77. The van der Waals surface area contributed by atoms with Crippen molar-refractivity contribution in [3.8, 4) is 5.75 Å². The van der Waals surface area contributed by atoms with Gasteiger partial charge in [0.25, 0.3) is 0 Å². The summed E-state index contributed by atoms with van der Waals surface area (Å²) >= 11 is 0. The number of unbranched alkanes of at least 4 members (excludes halogenated alkanes) is 6. The Labute approximate surface area is 153 Å². The Morgan fingerprint density at radius 1 is 1.08 bits per heavy atom. The molecule has 0 aromatic heterocycles. The third-order valence-corrected chi connectivity index (χ3v) is 4.45. The molecule has 142 valence electrons. The molecular formula is C21H35NO3. The van der Waals surface area contributed by atoms with Gasteiger partial charge in [-0.15, -0.1) is 0 Å². The zero-order chi connectivity index (χ0) is 18.3. The molecule has 0 radical (unpaired) electrons. The van der Waals surface area contributed by atoms with Crippen LogP contribution < -0.4 is 10.1 Å². The Morgan fingerprint density at radius 3 is 2.44 bits per heavy atom. The van der Waals surface area contributed by atoms with Crippen molar-refractivity contribution in [1.29, 1.82) is 0 Å². The second-order valence-corrected chi connectivity index (χ2v) is 6.69. The minimum atomic E-state index is -0.0957. The lowest BCUT2D eigenvalue weighted by molar-refractivity contribution is -0.140. The van der Waals surface area contributed by atoms with Gasteiger partial charge < -0.3 is 14.8 Å². The van der Waals surface area contributed by atoms with Crippen molar-refractivity contribution in [2.24, 2.45) is 0 Å². The molecular weight excluding hydrogens is 314 g/mol. The normalized spacial score (nSPS) is 12.0. The number of benzene rings is 1. The molecule has 0 heterocycles. The SMILES string of the molecule is CN[C@@H](C)Cc1cccc(OCCCCCCCCCC(=O)OC)c1. The predicted molar refractivity (Wildman–Crippen MR) is 103 cm³/mol. The van der Waals surface area contributed by atoms with Gasteiger partial charge in [0.15, 0.2) is 0 Å². The molecule has 0 saturated heterocycles. The first-order valence-corrected chi connectivity index (χ1v) is 9.61. The Balaban J connectivity index is 2.02. The van der Waals surface area contributed by atoms with E-state index >= 15 is 0 Å². The van der Waals surface area contributed by atoms with E-state index in [0.717, 1.165) is 38.0 Å². The van der Waals surface area contributed by atoms with Gasteiger partial charge in [0, 0.05) is 12.5 Å². The van der Waals surface area contributed by atoms with Crippen molar-refractivity contribution in [2.75, 3.05) is 20.8 Å². The molecule has 1 N–H and O–H groups in total. The van der Waals surface area contributed by atoms with Gasteiger partial charge >= 0.3 is 5.97 Å². The van der Waals surface area contributed by atoms with Crippen molar-refractivity contribution in [1.82, 2.24) is 5.32 Å². The number of carbonyl (C=O) groups excluding carboxylic acids is 1. The van der Waals surface area contributed by atoms with Crippen molar-refractivity contribution < 1.29 is 14.3 Å². The van der Waals surface area contributed by atoms with E-state index in [2.05, 4.69) is 35.2 Å². The average Bonchev–Trinajstić information content (AvgIpc) is 2.63. The van der Waals surface area contributed by atoms with Crippen LogP contribution in [0.1, 0.15) is 63.9 Å². The number of methoxy groups -OCH3 is 1. The van der Waals surface area contributed by atoms with E-state index in [1.807, 2.05) is 13.1 Å². The summed E-state index contributed by atoms with van der Waals surface area (Å²) in [5.74, 6) is 0.880. The van der Waals surface area contributed by atoms with Crippen LogP contribution in [0.3, 0.4) is 0 Å². The lowest BCUT2D eigenvalue weighted by Crippen LogP contribution is -2.23. The van der Waals surface area contributed by atoms with E-state index in [-0.39, 0.29) is 5.97 Å². The van der Waals surface area contributed by atoms with E-state index in [1.54, 1.807) is 0 Å². The van der Waals surface area contributed by atoms with Gasteiger partial charge in [-0.25, -0.2) is 0 Å². The van der Waals surface area contributed by atoms with Gasteiger partial charge in [0.1, 0.15) is 5.75 Å². The summed E-state index contributed by atoms with van der Waals surface area (Å²) in [6.07, 6.45) is 9.60. The highest BCUT2D eigenvalue weighted by atomic mass is 16.5. The van der Waals surface area contributed by atoms with Gasteiger partial charge in [-0.3, -0.25) is 4.79 Å². The highest BCUT2D eigenvalue weighted by Gasteiger charge is 2.02. The molecule has 25 heavy (non-hydrogen) atoms. The second kappa shape index (κ2) is 13.7. The standard InChI is InChI=1S/C21H35NO3/c1-18(22-2)16-19-12-11-13-20(17-19)25-15-10-8-6-4-5-7-9-14-21(23)24-3/h11-13,17-18,22H,4-10,14-16H2,1-3H3/t18-/m0/s1. The number of carbonyl (C=O) groups is 1. The highest BCUT2D eigenvalue weighted by molar-refractivity contribution is 5.68. The Kier molecular flexibility index (Phi) is 11.8. The Hall–Kier alpha value is -1.55. The maximum absolute atomic E-state index is 11.0. The number of likely N-dealkylation sites (N-methyl/N-ethyl adjacent to an activating group) is 1. The molecule has 0 bridgehead atoms. The lowest BCUT2D eigenvalue weighted by Gasteiger charge is -2.12. The Bertz CT molecular complexity index is 476. The van der Waals surface area contributed by atoms with Crippen LogP contribution >= 0.6 is 0 Å². The highest BCUT2D eigenvalue weighted by Crippen LogP contribution is 2.16. The molecule has 0 aliphatic rings. The van der Waals surface area contributed by atoms with Gasteiger partial charge in [0.2, 0.25) is 0 Å². The van der Waals surface area contributed by atoms with Crippen LogP contribution in [-0.2, 0) is 16.0 Å². The van der Waals surface area contributed by atoms with Gasteiger partial charge in [-0.1, -0.05) is 44.2 Å². The monoisotopic (exact) mass is 349 g/mol. The van der Waals surface area contributed by atoms with Crippen molar-refractivity contribution in [3.05, 3.63) is 29.8 Å². The largest absolute Gasteiger partial charge is 0.494 e. The number of rotatable bonds is 14. The maximum atomic E-state index is 11.0. The van der Waals surface area contributed by atoms with Crippen LogP contribution in [-0.4, -0.2) is 32.8 Å². The predicted octanol–water partition coefficient (Wildman–Crippen LogP) is 4.51. The first-order valence-electron chi connectivity index (χ1n) is 9.61. The molecule has 1 aromatic carbocycles. The topological polar surface area (TPSA) is 47.6 Å². The first-order chi connectivity index (χ1) is 12.2. The molecule has 1 rings (SSSR count). The van der Waals surface area contributed by atoms with E-state index in [1.165, 1.54) is 38.4 Å². The molecule has 1 aromatic rings. The van der Waals surface area contributed by atoms with E-state index in [0.29, 0.717) is 12.5 Å². The molecule has 0 aliphatic carbocycles. The van der Waals surface area contributed by atoms with Crippen molar-refractivity contribution in [3.63, 3.8) is 0 Å². The minimum Gasteiger partial charge on any atom is -0.494 e. The van der Waals surface area contributed by atoms with Crippen molar-refractivity contribution in [2.45, 2.75) is 70.8 Å². The van der Waals surface area contributed by atoms with Crippen LogP contribution in [0.25, 0.3) is 0 Å². The number of hydrogen-bond donors (Lipinski definition) is 1. The molecule has 1 atom stereocenters. The van der Waals surface area contributed by atoms with Gasteiger partial charge in [0.05, 0.1) is 13.7 Å². The fourth-order valence-corrected chi connectivity index (χ4v) is 2.77. The summed E-state index contributed by atoms with van der Waals surface area (Å²) in [5, 5.41) is 3.26. The van der Waals surface area contributed by atoms with Crippen molar-refractivity contribution >= 4 is 5.97 Å². The van der Waals surface area contributed by atoms with Crippen LogP contribution in [0.5, 0.6) is 5.75 Å². The summed E-state index contributed by atoms with van der Waals surface area (Å²) in [6, 6.07) is 8.88. The zero-order valence-electron chi connectivity index (χ0n) is 16.2. The number of esters is 1. The Morgan fingerprint density at radius 2 is 1.76 bits per heavy atom. The van der Waals surface area contributed by atoms with Crippen LogP contribution in [0.4, 0.5) is 0 Å². The third kappa shape index (κ3) is 10.8. The molecule has 0 amide bonds. The zero-order valence-corrected chi connectivity index (χ0v) is 16.2. The van der Waals surface area contributed by atoms with Crippen LogP contribution in [0, 0.1) is 0 Å². The van der Waals surface area contributed by atoms with Crippen LogP contribution in [0.15, 0.2) is 24.3 Å². The van der Waals surface area contributed by atoms with E-state index in [4.69, 9.17) is 4.74 Å². The van der Waals surface area contributed by atoms with E-state index in [9.17, 15) is 4.79 Å². The van der Waals surface area contributed by atoms with Gasteiger partial charge in [-0.2, -0.15) is 0 Å². The van der Waals surface area contributed by atoms with Gasteiger partial charge in [-0.05, 0) is 50.9 Å². The third-order valence-electron chi connectivity index (χ3n) is 4.45. The second-order valence-electron chi connectivity index (χ2n) is 6.69. The molecule has 0 fully saturated rings. The summed E-state index contributed by atoms with van der Waals surface area (Å²) in [7, 11) is 3.44. The summed E-state index contributed by atoms with van der Waals surface area (Å²) in [6.45, 7) is 2.97. The molecule has 0 unspecified atom stereocenters. The smallest absolute Gasteiger partial charge is 0.305 e. The quantitative estimate of drug-likeness (QED) is 0.396. The fraction of sp³-hybridized carbons (Fsp3) is 0.667. The van der Waals surface area contributed by atoms with Crippen LogP contribution in [0.2, 0.25) is 0 Å². The lowest BCUT2D eigenvalue weighted by atomic mass is 10.1. The molecule has 0 saturated carbocycles. The average molecular weight is 350 g/mol. The van der Waals surface area contributed by atoms with E-state index < -0.39 is 0 Å². The first kappa shape index (κ1) is 21.5. The summed E-state index contributed by atoms with van der Waals surface area (Å²) < 4.78 is 10.5.